The Hall–Kier alpha value is -1.26. The molecule has 5 heteroatoms. The number of hydrogen-bond acceptors (Lipinski definition) is 2. The third-order valence-corrected chi connectivity index (χ3v) is 3.48. The molecule has 0 bridgehead atoms. The number of urea groups is 1. The second kappa shape index (κ2) is 6.26. The molecule has 1 atom stereocenters. The number of nitrogens with one attached hydrogen (secondary N) is 1. The fourth-order valence-electron chi connectivity index (χ4n) is 2.08. The molecule has 2 amide bonds. The molecule has 1 fully saturated rings. The Morgan fingerprint density at radius 1 is 1.37 bits per heavy atom. The van der Waals surface area contributed by atoms with Crippen molar-refractivity contribution >= 4 is 12.0 Å². The van der Waals surface area contributed by atoms with Crippen LogP contribution < -0.4 is 5.32 Å². The van der Waals surface area contributed by atoms with Gasteiger partial charge in [-0.2, -0.15) is 0 Å². The first-order chi connectivity index (χ1) is 8.74. The van der Waals surface area contributed by atoms with Gasteiger partial charge in [0.25, 0.3) is 0 Å². The number of aliphatic carboxylic acids is 1. The predicted molar refractivity (Wildman–Crippen MR) is 74.0 cm³/mol. The van der Waals surface area contributed by atoms with Crippen molar-refractivity contribution in [1.82, 2.24) is 10.2 Å². The van der Waals surface area contributed by atoms with E-state index in [0.717, 1.165) is 18.8 Å². The van der Waals surface area contributed by atoms with Crippen LogP contribution in [0.1, 0.15) is 53.4 Å². The van der Waals surface area contributed by atoms with E-state index in [1.807, 2.05) is 27.7 Å². The highest BCUT2D eigenvalue weighted by atomic mass is 16.4. The van der Waals surface area contributed by atoms with Crippen molar-refractivity contribution in [2.24, 2.45) is 5.92 Å². The van der Waals surface area contributed by atoms with Crippen molar-refractivity contribution in [2.45, 2.75) is 65.0 Å². The summed E-state index contributed by atoms with van der Waals surface area (Å²) in [5.74, 6) is -0.242. The SMILES string of the molecule is CCC(CC1CC1)NC(=O)N(CC(=O)O)C(C)(C)C. The Labute approximate surface area is 115 Å². The van der Waals surface area contributed by atoms with Gasteiger partial charge in [-0.15, -0.1) is 0 Å². The standard InChI is InChI=1S/C14H26N2O3/c1-5-11(8-10-6-7-10)15-13(19)16(9-12(17)18)14(2,3)4/h10-11H,5-9H2,1-4H3,(H,15,19)(H,17,18). The maximum Gasteiger partial charge on any atom is 0.323 e. The van der Waals surface area contributed by atoms with Gasteiger partial charge >= 0.3 is 12.0 Å². The average molecular weight is 270 g/mol. The molecule has 0 aromatic carbocycles. The van der Waals surface area contributed by atoms with Gasteiger partial charge in [0.1, 0.15) is 6.54 Å². The van der Waals surface area contributed by atoms with Crippen molar-refractivity contribution in [2.75, 3.05) is 6.54 Å². The number of carboxylic acid groups (broad SMARTS) is 1. The van der Waals surface area contributed by atoms with Crippen LogP contribution in [0.4, 0.5) is 4.79 Å². The molecule has 0 radical (unpaired) electrons. The topological polar surface area (TPSA) is 69.6 Å². The molecule has 19 heavy (non-hydrogen) atoms. The maximum absolute atomic E-state index is 12.2. The number of hydrogen-bond donors (Lipinski definition) is 2. The molecule has 1 aliphatic rings. The molecule has 0 aromatic rings. The van der Waals surface area contributed by atoms with Gasteiger partial charge in [-0.25, -0.2) is 4.79 Å². The Kier molecular flexibility index (Phi) is 5.20. The Morgan fingerprint density at radius 2 is 1.95 bits per heavy atom. The molecular formula is C14H26N2O3. The van der Waals surface area contributed by atoms with Crippen LogP contribution in [-0.2, 0) is 4.79 Å². The third kappa shape index (κ3) is 5.49. The van der Waals surface area contributed by atoms with Crippen molar-refractivity contribution in [3.63, 3.8) is 0 Å². The first-order valence-corrected chi connectivity index (χ1v) is 7.04. The summed E-state index contributed by atoms with van der Waals surface area (Å²) in [4.78, 5) is 24.5. The Morgan fingerprint density at radius 3 is 2.32 bits per heavy atom. The number of carbonyl (C=O) groups is 2. The van der Waals surface area contributed by atoms with Gasteiger partial charge in [-0.1, -0.05) is 19.8 Å². The van der Waals surface area contributed by atoms with Crippen molar-refractivity contribution < 1.29 is 14.7 Å². The van der Waals surface area contributed by atoms with Gasteiger partial charge in [0.05, 0.1) is 0 Å². The number of carbonyl (C=O) groups excluding carboxylic acids is 1. The van der Waals surface area contributed by atoms with Crippen molar-refractivity contribution in [3.05, 3.63) is 0 Å². The smallest absolute Gasteiger partial charge is 0.323 e. The van der Waals surface area contributed by atoms with Gasteiger partial charge in [0, 0.05) is 11.6 Å². The van der Waals surface area contributed by atoms with E-state index >= 15 is 0 Å². The quantitative estimate of drug-likeness (QED) is 0.779. The van der Waals surface area contributed by atoms with Gasteiger partial charge in [0.2, 0.25) is 0 Å². The summed E-state index contributed by atoms with van der Waals surface area (Å²) in [6, 6.07) is -0.124. The van der Waals surface area contributed by atoms with Crippen LogP contribution in [-0.4, -0.2) is 40.1 Å². The maximum atomic E-state index is 12.2. The largest absolute Gasteiger partial charge is 0.480 e. The van der Waals surface area contributed by atoms with Gasteiger partial charge in [-0.05, 0) is 39.5 Å². The first-order valence-electron chi connectivity index (χ1n) is 7.04. The van der Waals surface area contributed by atoms with Crippen LogP contribution >= 0.6 is 0 Å². The van der Waals surface area contributed by atoms with Gasteiger partial charge in [-0.3, -0.25) is 4.79 Å². The summed E-state index contributed by atoms with van der Waals surface area (Å²) in [5, 5.41) is 11.9. The van der Waals surface area contributed by atoms with E-state index in [9.17, 15) is 9.59 Å². The number of carboxylic acids is 1. The summed E-state index contributed by atoms with van der Waals surface area (Å²) < 4.78 is 0. The number of rotatable bonds is 6. The van der Waals surface area contributed by atoms with Crippen LogP contribution in [0.3, 0.4) is 0 Å². The fraction of sp³-hybridized carbons (Fsp3) is 0.857. The summed E-state index contributed by atoms with van der Waals surface area (Å²) in [6.45, 7) is 7.31. The average Bonchev–Trinajstić information content (AvgIpc) is 3.06. The molecule has 0 aliphatic heterocycles. The van der Waals surface area contributed by atoms with Crippen molar-refractivity contribution in [1.29, 1.82) is 0 Å². The lowest BCUT2D eigenvalue weighted by Crippen LogP contribution is -2.54. The summed E-state index contributed by atoms with van der Waals surface area (Å²) >= 11 is 0. The normalized spacial score (nSPS) is 16.8. The van der Waals surface area contributed by atoms with E-state index < -0.39 is 11.5 Å². The van der Waals surface area contributed by atoms with E-state index in [1.54, 1.807) is 0 Å². The highest BCUT2D eigenvalue weighted by molar-refractivity contribution is 5.81. The highest BCUT2D eigenvalue weighted by Gasteiger charge is 2.31. The number of nitrogens with zero attached hydrogens (tertiary/aromatic N) is 1. The van der Waals surface area contributed by atoms with Crippen LogP contribution in [0.25, 0.3) is 0 Å². The molecule has 1 saturated carbocycles. The minimum atomic E-state index is -0.986. The second-order valence-corrected chi connectivity index (χ2v) is 6.38. The number of amides is 2. The van der Waals surface area contributed by atoms with Crippen LogP contribution in [0.15, 0.2) is 0 Å². The monoisotopic (exact) mass is 270 g/mol. The molecule has 1 rings (SSSR count). The van der Waals surface area contributed by atoms with Crippen LogP contribution in [0, 0.1) is 5.92 Å². The molecule has 110 valence electrons. The van der Waals surface area contributed by atoms with E-state index in [2.05, 4.69) is 5.32 Å². The Bertz CT molecular complexity index is 332. The van der Waals surface area contributed by atoms with E-state index in [1.165, 1.54) is 17.7 Å². The van der Waals surface area contributed by atoms with E-state index in [0.29, 0.717) is 0 Å². The third-order valence-electron chi connectivity index (χ3n) is 3.48. The lowest BCUT2D eigenvalue weighted by molar-refractivity contribution is -0.138. The molecule has 0 aromatic heterocycles. The molecule has 5 nitrogen and oxygen atoms in total. The Balaban J connectivity index is 2.61. The lowest BCUT2D eigenvalue weighted by Gasteiger charge is -2.35. The molecule has 2 N–H and O–H groups in total. The van der Waals surface area contributed by atoms with Crippen LogP contribution in [0.2, 0.25) is 0 Å². The summed E-state index contributed by atoms with van der Waals surface area (Å²) in [5.41, 5.74) is -0.500. The lowest BCUT2D eigenvalue weighted by atomic mass is 10.1. The predicted octanol–water partition coefficient (Wildman–Crippen LogP) is 2.46. The van der Waals surface area contributed by atoms with Gasteiger partial charge in [0.15, 0.2) is 0 Å². The van der Waals surface area contributed by atoms with Crippen LogP contribution in [0.5, 0.6) is 0 Å². The molecule has 0 heterocycles. The molecule has 1 unspecified atom stereocenters. The zero-order chi connectivity index (χ0) is 14.6. The summed E-state index contributed by atoms with van der Waals surface area (Å²) in [7, 11) is 0. The summed E-state index contributed by atoms with van der Waals surface area (Å²) in [6.07, 6.45) is 4.40. The van der Waals surface area contributed by atoms with Gasteiger partial charge < -0.3 is 15.3 Å². The minimum absolute atomic E-state index is 0.152. The highest BCUT2D eigenvalue weighted by Crippen LogP contribution is 2.34. The first kappa shape index (κ1) is 15.8. The zero-order valence-electron chi connectivity index (χ0n) is 12.4. The molecular weight excluding hydrogens is 244 g/mol. The van der Waals surface area contributed by atoms with E-state index in [-0.39, 0.29) is 18.6 Å². The van der Waals surface area contributed by atoms with Crippen molar-refractivity contribution in [3.8, 4) is 0 Å². The molecule has 0 saturated heterocycles. The minimum Gasteiger partial charge on any atom is -0.480 e. The molecule has 0 spiro atoms. The second-order valence-electron chi connectivity index (χ2n) is 6.38. The fourth-order valence-corrected chi connectivity index (χ4v) is 2.08. The van der Waals surface area contributed by atoms with E-state index in [4.69, 9.17) is 5.11 Å². The molecule has 1 aliphatic carbocycles. The zero-order valence-corrected chi connectivity index (χ0v) is 12.4.